The Labute approximate surface area is 142 Å². The number of nitrogens with one attached hydrogen (secondary N) is 1. The predicted molar refractivity (Wildman–Crippen MR) is 92.6 cm³/mol. The second-order valence-electron chi connectivity index (χ2n) is 4.60. The molecule has 0 aromatic heterocycles. The normalized spacial score (nSPS) is 10.1. The number of ether oxygens (including phenoxy) is 3. The molecule has 0 aliphatic rings. The largest absolute Gasteiger partial charge is 0.493 e. The van der Waals surface area contributed by atoms with Gasteiger partial charge in [-0.15, -0.1) is 0 Å². The van der Waals surface area contributed by atoms with E-state index in [9.17, 15) is 4.79 Å². The van der Waals surface area contributed by atoms with Gasteiger partial charge >= 0.3 is 0 Å². The van der Waals surface area contributed by atoms with Gasteiger partial charge in [0.1, 0.15) is 0 Å². The molecule has 0 unspecified atom stereocenters. The third-order valence-electron chi connectivity index (χ3n) is 3.19. The minimum atomic E-state index is -0.335. The summed E-state index contributed by atoms with van der Waals surface area (Å²) in [5.41, 5.74) is 7.23. The van der Waals surface area contributed by atoms with E-state index in [1.807, 2.05) is 0 Å². The average Bonchev–Trinajstić information content (AvgIpc) is 2.55. The van der Waals surface area contributed by atoms with Crippen molar-refractivity contribution >= 4 is 33.2 Å². The fourth-order valence-electron chi connectivity index (χ4n) is 2.05. The maximum absolute atomic E-state index is 12.5. The number of hydrogen-bond acceptors (Lipinski definition) is 5. The van der Waals surface area contributed by atoms with Gasteiger partial charge in [0.2, 0.25) is 5.75 Å². The highest BCUT2D eigenvalue weighted by Crippen LogP contribution is 2.38. The second kappa shape index (κ2) is 7.23. The number of carbonyl (C=O) groups is 1. The van der Waals surface area contributed by atoms with Crippen molar-refractivity contribution in [2.24, 2.45) is 0 Å². The Morgan fingerprint density at radius 1 is 1.04 bits per heavy atom. The zero-order valence-corrected chi connectivity index (χ0v) is 14.6. The lowest BCUT2D eigenvalue weighted by molar-refractivity contribution is 0.102. The molecule has 2 aromatic carbocycles. The van der Waals surface area contributed by atoms with Crippen LogP contribution in [0.4, 0.5) is 11.4 Å². The topological polar surface area (TPSA) is 82.8 Å². The summed E-state index contributed by atoms with van der Waals surface area (Å²) in [4.78, 5) is 12.5. The van der Waals surface area contributed by atoms with E-state index in [2.05, 4.69) is 21.2 Å². The van der Waals surface area contributed by atoms with Gasteiger partial charge in [-0.1, -0.05) is 15.9 Å². The molecule has 0 aliphatic heterocycles. The number of hydrogen-bond donors (Lipinski definition) is 2. The van der Waals surface area contributed by atoms with Gasteiger partial charge in [0.25, 0.3) is 5.91 Å². The molecule has 2 aromatic rings. The zero-order chi connectivity index (χ0) is 17.0. The molecule has 3 N–H and O–H groups in total. The standard InChI is InChI=1S/C16H17BrN2O4/c1-21-13-6-9(7-14(22-2)15(13)23-3)16(20)19-12-5-4-10(17)8-11(12)18/h4-8H,18H2,1-3H3,(H,19,20). The van der Waals surface area contributed by atoms with Gasteiger partial charge in [0.05, 0.1) is 32.7 Å². The lowest BCUT2D eigenvalue weighted by Gasteiger charge is -2.14. The summed E-state index contributed by atoms with van der Waals surface area (Å²) >= 11 is 3.32. The molecular weight excluding hydrogens is 364 g/mol. The van der Waals surface area contributed by atoms with Gasteiger partial charge in [-0.2, -0.15) is 0 Å². The molecular formula is C16H17BrN2O4. The van der Waals surface area contributed by atoms with Crippen molar-refractivity contribution < 1.29 is 19.0 Å². The van der Waals surface area contributed by atoms with E-state index in [4.69, 9.17) is 19.9 Å². The Balaban J connectivity index is 2.35. The molecule has 0 bridgehead atoms. The van der Waals surface area contributed by atoms with E-state index >= 15 is 0 Å². The second-order valence-corrected chi connectivity index (χ2v) is 5.52. The Morgan fingerprint density at radius 3 is 2.13 bits per heavy atom. The fraction of sp³-hybridized carbons (Fsp3) is 0.188. The molecule has 7 heteroatoms. The molecule has 23 heavy (non-hydrogen) atoms. The first-order valence-corrected chi connectivity index (χ1v) is 7.45. The van der Waals surface area contributed by atoms with E-state index in [1.54, 1.807) is 30.3 Å². The molecule has 0 radical (unpaired) electrons. The van der Waals surface area contributed by atoms with Gasteiger partial charge in [-0.25, -0.2) is 0 Å². The summed E-state index contributed by atoms with van der Waals surface area (Å²) in [7, 11) is 4.49. The van der Waals surface area contributed by atoms with Crippen LogP contribution in [0.1, 0.15) is 10.4 Å². The number of amides is 1. The summed E-state index contributed by atoms with van der Waals surface area (Å²) < 4.78 is 16.6. The Bertz CT molecular complexity index is 709. The Hall–Kier alpha value is -2.41. The van der Waals surface area contributed by atoms with Crippen molar-refractivity contribution in [1.82, 2.24) is 0 Å². The highest BCUT2D eigenvalue weighted by molar-refractivity contribution is 9.10. The average molecular weight is 381 g/mol. The van der Waals surface area contributed by atoms with Crippen molar-refractivity contribution in [1.29, 1.82) is 0 Å². The van der Waals surface area contributed by atoms with E-state index in [0.717, 1.165) is 4.47 Å². The quantitative estimate of drug-likeness (QED) is 0.777. The smallest absolute Gasteiger partial charge is 0.255 e. The lowest BCUT2D eigenvalue weighted by atomic mass is 10.1. The summed E-state index contributed by atoms with van der Waals surface area (Å²) in [6.07, 6.45) is 0. The van der Waals surface area contributed by atoms with Crippen LogP contribution in [0.2, 0.25) is 0 Å². The molecule has 0 saturated carbocycles. The van der Waals surface area contributed by atoms with Crippen LogP contribution in [0.3, 0.4) is 0 Å². The number of halogens is 1. The van der Waals surface area contributed by atoms with E-state index in [1.165, 1.54) is 21.3 Å². The molecule has 122 valence electrons. The first-order chi connectivity index (χ1) is 11.0. The van der Waals surface area contributed by atoms with Crippen LogP contribution in [0.25, 0.3) is 0 Å². The number of nitrogen functional groups attached to an aromatic ring is 1. The third kappa shape index (κ3) is 3.68. The molecule has 0 aliphatic carbocycles. The number of carbonyl (C=O) groups excluding carboxylic acids is 1. The fourth-order valence-corrected chi connectivity index (χ4v) is 2.43. The highest BCUT2D eigenvalue weighted by atomic mass is 79.9. The molecule has 2 rings (SSSR count). The van der Waals surface area contributed by atoms with Crippen molar-refractivity contribution in [2.75, 3.05) is 32.4 Å². The first-order valence-electron chi connectivity index (χ1n) is 6.66. The number of methoxy groups -OCH3 is 3. The molecule has 0 fully saturated rings. The summed E-state index contributed by atoms with van der Waals surface area (Å²) in [6, 6.07) is 8.37. The molecule has 0 spiro atoms. The number of rotatable bonds is 5. The zero-order valence-electron chi connectivity index (χ0n) is 13.0. The van der Waals surface area contributed by atoms with Crippen LogP contribution >= 0.6 is 15.9 Å². The molecule has 0 atom stereocenters. The van der Waals surface area contributed by atoms with Gasteiger partial charge in [0.15, 0.2) is 11.5 Å². The van der Waals surface area contributed by atoms with Gasteiger partial charge in [-0.3, -0.25) is 4.79 Å². The molecule has 0 saturated heterocycles. The first kappa shape index (κ1) is 17.0. The van der Waals surface area contributed by atoms with Crippen LogP contribution in [-0.4, -0.2) is 27.2 Å². The predicted octanol–water partition coefficient (Wildman–Crippen LogP) is 3.31. The molecule has 0 heterocycles. The maximum Gasteiger partial charge on any atom is 0.255 e. The maximum atomic E-state index is 12.5. The van der Waals surface area contributed by atoms with Crippen molar-refractivity contribution in [3.63, 3.8) is 0 Å². The summed E-state index contributed by atoms with van der Waals surface area (Å²) in [5.74, 6) is 0.898. The van der Waals surface area contributed by atoms with Crippen LogP contribution in [0.15, 0.2) is 34.8 Å². The third-order valence-corrected chi connectivity index (χ3v) is 3.68. The van der Waals surface area contributed by atoms with E-state index in [-0.39, 0.29) is 5.91 Å². The number of nitrogens with two attached hydrogens (primary N) is 1. The van der Waals surface area contributed by atoms with Crippen molar-refractivity contribution in [3.8, 4) is 17.2 Å². The number of benzene rings is 2. The highest BCUT2D eigenvalue weighted by Gasteiger charge is 2.17. The van der Waals surface area contributed by atoms with E-state index < -0.39 is 0 Å². The minimum Gasteiger partial charge on any atom is -0.493 e. The monoisotopic (exact) mass is 380 g/mol. The number of anilines is 2. The SMILES string of the molecule is COc1cc(C(=O)Nc2ccc(Br)cc2N)cc(OC)c1OC. The van der Waals surface area contributed by atoms with Gasteiger partial charge in [0, 0.05) is 10.0 Å². The Morgan fingerprint density at radius 2 is 1.65 bits per heavy atom. The lowest BCUT2D eigenvalue weighted by Crippen LogP contribution is -2.13. The van der Waals surface area contributed by atoms with Crippen LogP contribution < -0.4 is 25.3 Å². The van der Waals surface area contributed by atoms with Gasteiger partial charge in [-0.05, 0) is 30.3 Å². The molecule has 1 amide bonds. The molecule has 6 nitrogen and oxygen atoms in total. The van der Waals surface area contributed by atoms with E-state index in [0.29, 0.717) is 34.2 Å². The Kier molecular flexibility index (Phi) is 5.33. The summed E-state index contributed by atoms with van der Waals surface area (Å²) in [5, 5.41) is 2.76. The summed E-state index contributed by atoms with van der Waals surface area (Å²) in [6.45, 7) is 0. The van der Waals surface area contributed by atoms with Crippen LogP contribution in [0.5, 0.6) is 17.2 Å². The minimum absolute atomic E-state index is 0.335. The van der Waals surface area contributed by atoms with Crippen molar-refractivity contribution in [3.05, 3.63) is 40.4 Å². The van der Waals surface area contributed by atoms with Gasteiger partial charge < -0.3 is 25.3 Å². The van der Waals surface area contributed by atoms with Crippen LogP contribution in [0, 0.1) is 0 Å². The van der Waals surface area contributed by atoms with Crippen molar-refractivity contribution in [2.45, 2.75) is 0 Å². The van der Waals surface area contributed by atoms with Crippen LogP contribution in [-0.2, 0) is 0 Å².